The number of pyridine rings is 1. The third-order valence-electron chi connectivity index (χ3n) is 6.82. The highest BCUT2D eigenvalue weighted by atomic mass is 35.5. The minimum atomic E-state index is -0.438. The van der Waals surface area contributed by atoms with E-state index in [1.54, 1.807) is 18.3 Å². The van der Waals surface area contributed by atoms with Crippen LogP contribution in [-0.4, -0.2) is 30.3 Å². The standard InChI is InChI=1S/C28H24ClFN4O/c1-3-18(5-4-17(2)28(32)15-35-16-28)19-6-7-25-22(10-19)27(21(13-31)14-33-25)34-9-8-20-11-24(30)23(29)12-26(20)34/h3-7,10-12,14H,1,8-9,15-16,32H2,2H3/b17-4+,18-5+. The number of nitrogens with zero attached hydrogens (tertiary/aromatic N) is 3. The van der Waals surface area contributed by atoms with E-state index in [2.05, 4.69) is 17.6 Å². The number of fused-ring (bicyclic) bond motifs is 2. The van der Waals surface area contributed by atoms with Gasteiger partial charge in [0.15, 0.2) is 0 Å². The Balaban J connectivity index is 1.63. The Morgan fingerprint density at radius 1 is 1.31 bits per heavy atom. The van der Waals surface area contributed by atoms with Crippen LogP contribution < -0.4 is 10.6 Å². The number of halogens is 2. The number of nitrogens with two attached hydrogens (primary N) is 1. The van der Waals surface area contributed by atoms with Gasteiger partial charge in [-0.2, -0.15) is 5.26 Å². The van der Waals surface area contributed by atoms with Gasteiger partial charge in [0.05, 0.1) is 40.5 Å². The van der Waals surface area contributed by atoms with Crippen molar-refractivity contribution < 1.29 is 9.13 Å². The van der Waals surface area contributed by atoms with Crippen molar-refractivity contribution in [3.63, 3.8) is 0 Å². The minimum absolute atomic E-state index is 0.0572. The summed E-state index contributed by atoms with van der Waals surface area (Å²) in [6, 6.07) is 11.3. The summed E-state index contributed by atoms with van der Waals surface area (Å²) in [4.78, 5) is 6.53. The van der Waals surface area contributed by atoms with E-state index >= 15 is 0 Å². The SMILES string of the molecule is C=C/C(=C\C=C(/C)C1(N)COC1)c1ccc2ncc(C#N)c(N3CCc4cc(F)c(Cl)cc43)c2c1. The molecule has 0 spiro atoms. The summed E-state index contributed by atoms with van der Waals surface area (Å²) in [6.45, 7) is 7.63. The molecule has 0 atom stereocenters. The van der Waals surface area contributed by atoms with E-state index in [1.165, 1.54) is 6.07 Å². The lowest BCUT2D eigenvalue weighted by molar-refractivity contribution is -0.0337. The van der Waals surface area contributed by atoms with E-state index in [9.17, 15) is 9.65 Å². The summed E-state index contributed by atoms with van der Waals surface area (Å²) >= 11 is 6.11. The number of anilines is 2. The zero-order valence-corrected chi connectivity index (χ0v) is 20.1. The van der Waals surface area contributed by atoms with Crippen molar-refractivity contribution in [1.29, 1.82) is 5.26 Å². The summed E-state index contributed by atoms with van der Waals surface area (Å²) in [5.74, 6) is -0.438. The summed E-state index contributed by atoms with van der Waals surface area (Å²) < 4.78 is 19.3. The number of rotatable bonds is 5. The van der Waals surface area contributed by atoms with Crippen molar-refractivity contribution >= 4 is 39.5 Å². The Hall–Kier alpha value is -3.50. The Morgan fingerprint density at radius 3 is 2.80 bits per heavy atom. The van der Waals surface area contributed by atoms with Gasteiger partial charge in [-0.05, 0) is 59.9 Å². The molecule has 0 amide bonds. The normalized spacial score (nSPS) is 17.2. The first-order valence-corrected chi connectivity index (χ1v) is 11.7. The predicted octanol–water partition coefficient (Wildman–Crippen LogP) is 5.84. The fourth-order valence-electron chi connectivity index (χ4n) is 4.56. The second-order valence-corrected chi connectivity index (χ2v) is 9.39. The highest BCUT2D eigenvalue weighted by Crippen LogP contribution is 2.42. The molecule has 0 saturated carbocycles. The van der Waals surface area contributed by atoms with Crippen LogP contribution in [0, 0.1) is 17.1 Å². The second kappa shape index (κ2) is 8.94. The molecule has 3 aromatic rings. The Morgan fingerprint density at radius 2 is 2.11 bits per heavy atom. The maximum absolute atomic E-state index is 14.1. The minimum Gasteiger partial charge on any atom is -0.377 e. The number of aromatic nitrogens is 1. The van der Waals surface area contributed by atoms with Crippen LogP contribution in [0.2, 0.25) is 5.02 Å². The van der Waals surface area contributed by atoms with Crippen molar-refractivity contribution in [2.75, 3.05) is 24.7 Å². The number of hydrogen-bond acceptors (Lipinski definition) is 5. The van der Waals surface area contributed by atoms with Crippen LogP contribution in [-0.2, 0) is 11.2 Å². The molecular formula is C28H24ClFN4O. The molecule has 7 heteroatoms. The zero-order valence-electron chi connectivity index (χ0n) is 19.3. The van der Waals surface area contributed by atoms with Gasteiger partial charge >= 0.3 is 0 Å². The number of ether oxygens (including phenoxy) is 1. The van der Waals surface area contributed by atoms with Crippen LogP contribution in [0.15, 0.2) is 66.9 Å². The predicted molar refractivity (Wildman–Crippen MR) is 138 cm³/mol. The van der Waals surface area contributed by atoms with Gasteiger partial charge in [-0.1, -0.05) is 42.5 Å². The molecule has 35 heavy (non-hydrogen) atoms. The lowest BCUT2D eigenvalue weighted by Crippen LogP contribution is -2.58. The lowest BCUT2D eigenvalue weighted by atomic mass is 9.89. The summed E-state index contributed by atoms with van der Waals surface area (Å²) in [7, 11) is 0. The van der Waals surface area contributed by atoms with Gasteiger partial charge in [0.25, 0.3) is 0 Å². The first kappa shape index (κ1) is 23.3. The van der Waals surface area contributed by atoms with Gasteiger partial charge in [0.2, 0.25) is 0 Å². The van der Waals surface area contributed by atoms with Crippen molar-refractivity contribution in [1.82, 2.24) is 4.98 Å². The second-order valence-electron chi connectivity index (χ2n) is 8.99. The molecule has 0 unspecified atom stereocenters. The van der Waals surface area contributed by atoms with Gasteiger partial charge < -0.3 is 15.4 Å². The Bertz CT molecular complexity index is 1470. The van der Waals surface area contributed by atoms with Crippen LogP contribution in [0.3, 0.4) is 0 Å². The molecule has 2 aliphatic rings. The largest absolute Gasteiger partial charge is 0.377 e. The van der Waals surface area contributed by atoms with Crippen LogP contribution >= 0.6 is 11.6 Å². The van der Waals surface area contributed by atoms with Crippen LogP contribution in [0.1, 0.15) is 23.6 Å². The van der Waals surface area contributed by atoms with Gasteiger partial charge in [-0.25, -0.2) is 4.39 Å². The van der Waals surface area contributed by atoms with E-state index < -0.39 is 11.4 Å². The average Bonchev–Trinajstić information content (AvgIpc) is 3.23. The molecule has 2 N–H and O–H groups in total. The molecule has 1 aromatic heterocycles. The third-order valence-corrected chi connectivity index (χ3v) is 7.11. The van der Waals surface area contributed by atoms with E-state index in [0.29, 0.717) is 31.7 Å². The van der Waals surface area contributed by atoms with Gasteiger partial charge in [-0.3, -0.25) is 4.98 Å². The Kier molecular flexibility index (Phi) is 5.94. The van der Waals surface area contributed by atoms with E-state index in [4.69, 9.17) is 22.1 Å². The lowest BCUT2D eigenvalue weighted by Gasteiger charge is -2.38. The highest BCUT2D eigenvalue weighted by Gasteiger charge is 2.35. The monoisotopic (exact) mass is 486 g/mol. The maximum atomic E-state index is 14.1. The molecule has 5 nitrogen and oxygen atoms in total. The van der Waals surface area contributed by atoms with E-state index in [0.717, 1.165) is 44.6 Å². The molecule has 1 fully saturated rings. The quantitative estimate of drug-likeness (QED) is 0.459. The van der Waals surface area contributed by atoms with Gasteiger partial charge in [0, 0.05) is 23.8 Å². The summed E-state index contributed by atoms with van der Waals surface area (Å²) in [5, 5.41) is 10.8. The zero-order chi connectivity index (χ0) is 24.7. The molecule has 0 bridgehead atoms. The molecule has 0 aliphatic carbocycles. The molecule has 2 aliphatic heterocycles. The molecule has 0 radical (unpaired) electrons. The average molecular weight is 487 g/mol. The number of allylic oxidation sites excluding steroid dienone is 4. The summed E-state index contributed by atoms with van der Waals surface area (Å²) in [5.41, 5.74) is 12.4. The molecule has 1 saturated heterocycles. The molecule has 3 heterocycles. The third kappa shape index (κ3) is 4.02. The van der Waals surface area contributed by atoms with Gasteiger partial charge in [0.1, 0.15) is 11.9 Å². The fraction of sp³-hybridized carbons (Fsp3) is 0.214. The topological polar surface area (TPSA) is 75.2 Å². The number of hydrogen-bond donors (Lipinski definition) is 1. The molecule has 2 aromatic carbocycles. The first-order valence-electron chi connectivity index (χ1n) is 11.3. The molecular weight excluding hydrogens is 463 g/mol. The Labute approximate surface area is 208 Å². The van der Waals surface area contributed by atoms with E-state index in [1.807, 2.05) is 42.2 Å². The van der Waals surface area contributed by atoms with Crippen molar-refractivity contribution in [2.24, 2.45) is 5.73 Å². The number of nitriles is 1. The highest BCUT2D eigenvalue weighted by molar-refractivity contribution is 6.31. The maximum Gasteiger partial charge on any atom is 0.142 e. The van der Waals surface area contributed by atoms with Crippen molar-refractivity contribution in [2.45, 2.75) is 18.9 Å². The van der Waals surface area contributed by atoms with E-state index in [-0.39, 0.29) is 5.02 Å². The fourth-order valence-corrected chi connectivity index (χ4v) is 4.72. The van der Waals surface area contributed by atoms with Crippen LogP contribution in [0.4, 0.5) is 15.8 Å². The van der Waals surface area contributed by atoms with Crippen LogP contribution in [0.25, 0.3) is 16.5 Å². The van der Waals surface area contributed by atoms with Crippen molar-refractivity contribution in [3.05, 3.63) is 94.4 Å². The number of benzene rings is 2. The van der Waals surface area contributed by atoms with Crippen LogP contribution in [0.5, 0.6) is 0 Å². The first-order chi connectivity index (χ1) is 16.8. The summed E-state index contributed by atoms with van der Waals surface area (Å²) in [6.07, 6.45) is 8.02. The smallest absolute Gasteiger partial charge is 0.142 e. The molecule has 176 valence electrons. The van der Waals surface area contributed by atoms with Gasteiger partial charge in [-0.15, -0.1) is 0 Å². The molecule has 5 rings (SSSR count). The van der Waals surface area contributed by atoms with Crippen molar-refractivity contribution in [3.8, 4) is 6.07 Å².